The minimum atomic E-state index is -3.46. The monoisotopic (exact) mass is 309 g/mol. The van der Waals surface area contributed by atoms with Gasteiger partial charge in [0.05, 0.1) is 11.4 Å². The molecule has 0 atom stereocenters. The molecule has 21 heavy (non-hydrogen) atoms. The van der Waals surface area contributed by atoms with Gasteiger partial charge in [-0.3, -0.25) is 0 Å². The predicted octanol–water partition coefficient (Wildman–Crippen LogP) is 1.84. The third-order valence-corrected chi connectivity index (χ3v) is 5.18. The van der Waals surface area contributed by atoms with E-state index >= 15 is 0 Å². The molecule has 0 aliphatic heterocycles. The van der Waals surface area contributed by atoms with Gasteiger partial charge in [-0.25, -0.2) is 12.7 Å². The van der Waals surface area contributed by atoms with Crippen molar-refractivity contribution in [2.45, 2.75) is 26.1 Å². The second kappa shape index (κ2) is 5.87. The number of nitrogens with zero attached hydrogens (tertiary/aromatic N) is 2. The number of hydrogen-bond donors (Lipinski definition) is 1. The zero-order valence-electron chi connectivity index (χ0n) is 12.3. The minimum Gasteiger partial charge on any atom is -0.398 e. The van der Waals surface area contributed by atoms with Crippen LogP contribution in [0.3, 0.4) is 0 Å². The van der Waals surface area contributed by atoms with Crippen LogP contribution >= 0.6 is 0 Å². The number of anilines is 1. The quantitative estimate of drug-likeness (QED) is 0.851. The number of para-hydroxylation sites is 1. The van der Waals surface area contributed by atoms with Gasteiger partial charge in [-0.05, 0) is 25.5 Å². The summed E-state index contributed by atoms with van der Waals surface area (Å²) in [4.78, 5) is 0. The molecular formula is C14H19N3O3S. The van der Waals surface area contributed by atoms with E-state index in [-0.39, 0.29) is 12.3 Å². The number of aromatic nitrogens is 1. The van der Waals surface area contributed by atoms with Crippen molar-refractivity contribution >= 4 is 15.7 Å². The van der Waals surface area contributed by atoms with Gasteiger partial charge in [-0.15, -0.1) is 0 Å². The van der Waals surface area contributed by atoms with Gasteiger partial charge in [0.15, 0.2) is 0 Å². The fourth-order valence-electron chi connectivity index (χ4n) is 2.02. The maximum atomic E-state index is 12.4. The molecule has 0 spiro atoms. The Hall–Kier alpha value is -1.86. The summed E-state index contributed by atoms with van der Waals surface area (Å²) in [6.45, 7) is 3.79. The molecule has 0 saturated heterocycles. The van der Waals surface area contributed by atoms with Crippen molar-refractivity contribution in [3.63, 3.8) is 0 Å². The number of benzene rings is 1. The van der Waals surface area contributed by atoms with Crippen LogP contribution < -0.4 is 5.73 Å². The van der Waals surface area contributed by atoms with Gasteiger partial charge in [0.25, 0.3) is 0 Å². The van der Waals surface area contributed by atoms with Crippen molar-refractivity contribution in [2.75, 3.05) is 12.8 Å². The minimum absolute atomic E-state index is 0.125. The van der Waals surface area contributed by atoms with E-state index in [0.29, 0.717) is 22.7 Å². The summed E-state index contributed by atoms with van der Waals surface area (Å²) in [6.07, 6.45) is 0. The molecule has 2 N–H and O–H groups in total. The van der Waals surface area contributed by atoms with Gasteiger partial charge in [-0.2, -0.15) is 0 Å². The summed E-state index contributed by atoms with van der Waals surface area (Å²) in [5.74, 6) is 0.508. The van der Waals surface area contributed by atoms with Crippen LogP contribution in [0, 0.1) is 13.8 Å². The Morgan fingerprint density at radius 2 is 1.95 bits per heavy atom. The highest BCUT2D eigenvalue weighted by Crippen LogP contribution is 2.20. The van der Waals surface area contributed by atoms with Crippen molar-refractivity contribution < 1.29 is 12.9 Å². The fraction of sp³-hybridized carbons (Fsp3) is 0.357. The summed E-state index contributed by atoms with van der Waals surface area (Å²) in [5.41, 5.74) is 8.38. The van der Waals surface area contributed by atoms with E-state index in [1.807, 2.05) is 0 Å². The van der Waals surface area contributed by atoms with E-state index < -0.39 is 10.0 Å². The normalized spacial score (nSPS) is 12.0. The maximum absolute atomic E-state index is 12.4. The number of sulfonamides is 1. The first kappa shape index (κ1) is 15.5. The van der Waals surface area contributed by atoms with E-state index in [0.717, 1.165) is 5.56 Å². The Kier molecular flexibility index (Phi) is 4.34. The Bertz CT molecular complexity index is 718. The molecule has 1 aromatic heterocycles. The van der Waals surface area contributed by atoms with Crippen LogP contribution in [0.15, 0.2) is 28.8 Å². The van der Waals surface area contributed by atoms with Crippen LogP contribution in [0.5, 0.6) is 0 Å². The lowest BCUT2D eigenvalue weighted by molar-refractivity contribution is 0.390. The molecule has 0 saturated carbocycles. The molecule has 0 aliphatic carbocycles. The van der Waals surface area contributed by atoms with E-state index in [1.54, 1.807) is 45.2 Å². The summed E-state index contributed by atoms with van der Waals surface area (Å²) < 4.78 is 31.2. The van der Waals surface area contributed by atoms with Gasteiger partial charge >= 0.3 is 0 Å². The third-order valence-electron chi connectivity index (χ3n) is 3.43. The highest BCUT2D eigenvalue weighted by molar-refractivity contribution is 7.88. The molecular weight excluding hydrogens is 290 g/mol. The lowest BCUT2D eigenvalue weighted by atomic mass is 10.2. The molecule has 2 rings (SSSR count). The van der Waals surface area contributed by atoms with Crippen LogP contribution in [-0.4, -0.2) is 24.9 Å². The first-order chi connectivity index (χ1) is 9.81. The average molecular weight is 309 g/mol. The molecule has 0 aliphatic rings. The third kappa shape index (κ3) is 3.43. The highest BCUT2D eigenvalue weighted by Gasteiger charge is 2.22. The smallest absolute Gasteiger partial charge is 0.218 e. The second-order valence-electron chi connectivity index (χ2n) is 5.01. The molecule has 2 aromatic rings. The lowest BCUT2D eigenvalue weighted by Crippen LogP contribution is -2.28. The first-order valence-corrected chi connectivity index (χ1v) is 8.11. The molecule has 0 fully saturated rings. The van der Waals surface area contributed by atoms with Crippen LogP contribution in [0.4, 0.5) is 5.69 Å². The Balaban J connectivity index is 2.18. The maximum Gasteiger partial charge on any atom is 0.218 e. The Morgan fingerprint density at radius 3 is 2.52 bits per heavy atom. The average Bonchev–Trinajstić information content (AvgIpc) is 2.73. The standard InChI is InChI=1S/C14H19N3O3S/c1-10-13(11(2)20-16-10)8-17(3)21(18,19)9-12-6-4-5-7-14(12)15/h4-7H,8-9,15H2,1-3H3. The fourth-order valence-corrected chi connectivity index (χ4v) is 3.22. The molecule has 0 radical (unpaired) electrons. The molecule has 114 valence electrons. The van der Waals surface area contributed by atoms with E-state index in [9.17, 15) is 8.42 Å². The molecule has 1 heterocycles. The van der Waals surface area contributed by atoms with Crippen molar-refractivity contribution in [3.8, 4) is 0 Å². The Labute approximate surface area is 124 Å². The second-order valence-corrected chi connectivity index (χ2v) is 7.09. The predicted molar refractivity (Wildman–Crippen MR) is 80.9 cm³/mol. The number of nitrogen functional groups attached to an aromatic ring is 1. The van der Waals surface area contributed by atoms with Crippen LogP contribution in [0.25, 0.3) is 0 Å². The number of nitrogens with two attached hydrogens (primary N) is 1. The van der Waals surface area contributed by atoms with Crippen LogP contribution in [0.1, 0.15) is 22.6 Å². The molecule has 7 heteroatoms. The summed E-state index contributed by atoms with van der Waals surface area (Å²) in [7, 11) is -1.92. The van der Waals surface area contributed by atoms with Crippen molar-refractivity contribution in [1.82, 2.24) is 9.46 Å². The van der Waals surface area contributed by atoms with Crippen molar-refractivity contribution in [2.24, 2.45) is 0 Å². The number of rotatable bonds is 5. The lowest BCUT2D eigenvalue weighted by Gasteiger charge is -2.17. The zero-order valence-corrected chi connectivity index (χ0v) is 13.1. The molecule has 0 bridgehead atoms. The SMILES string of the molecule is Cc1noc(C)c1CN(C)S(=O)(=O)Cc1ccccc1N. The molecule has 6 nitrogen and oxygen atoms in total. The van der Waals surface area contributed by atoms with Gasteiger partial charge in [0.1, 0.15) is 5.76 Å². The van der Waals surface area contributed by atoms with Crippen LogP contribution in [-0.2, 0) is 22.3 Å². The topological polar surface area (TPSA) is 89.4 Å². The number of aryl methyl sites for hydroxylation is 2. The zero-order chi connectivity index (χ0) is 15.6. The van der Waals surface area contributed by atoms with E-state index in [1.165, 1.54) is 4.31 Å². The molecule has 1 aromatic carbocycles. The van der Waals surface area contributed by atoms with Gasteiger partial charge in [-0.1, -0.05) is 23.4 Å². The van der Waals surface area contributed by atoms with Gasteiger partial charge < -0.3 is 10.3 Å². The molecule has 0 unspecified atom stereocenters. The highest BCUT2D eigenvalue weighted by atomic mass is 32.2. The van der Waals surface area contributed by atoms with E-state index in [2.05, 4.69) is 5.16 Å². The summed E-state index contributed by atoms with van der Waals surface area (Å²) in [6, 6.07) is 6.96. The van der Waals surface area contributed by atoms with Gasteiger partial charge in [0, 0.05) is 24.8 Å². The van der Waals surface area contributed by atoms with Crippen molar-refractivity contribution in [1.29, 1.82) is 0 Å². The Morgan fingerprint density at radius 1 is 1.29 bits per heavy atom. The first-order valence-electron chi connectivity index (χ1n) is 6.50. The van der Waals surface area contributed by atoms with Gasteiger partial charge in [0.2, 0.25) is 10.0 Å². The number of hydrogen-bond acceptors (Lipinski definition) is 5. The molecule has 0 amide bonds. The van der Waals surface area contributed by atoms with Crippen molar-refractivity contribution in [3.05, 3.63) is 46.8 Å². The summed E-state index contributed by atoms with van der Waals surface area (Å²) >= 11 is 0. The largest absolute Gasteiger partial charge is 0.398 e. The summed E-state index contributed by atoms with van der Waals surface area (Å²) in [5, 5.41) is 3.83. The van der Waals surface area contributed by atoms with Crippen LogP contribution in [0.2, 0.25) is 0 Å². The van der Waals surface area contributed by atoms with E-state index in [4.69, 9.17) is 10.3 Å².